The van der Waals surface area contributed by atoms with Crippen LogP contribution in [0, 0.1) is 0 Å². The van der Waals surface area contributed by atoms with Crippen LogP contribution in [0.25, 0.3) is 0 Å². The molecule has 2 unspecified atom stereocenters. The molecule has 1 aliphatic heterocycles. The van der Waals surface area contributed by atoms with Crippen LogP contribution in [0.2, 0.25) is 9.84 Å². The zero-order valence-electron chi connectivity index (χ0n) is 14.7. The fraction of sp³-hybridized carbons (Fsp3) is 0.500. The molecule has 0 aromatic heterocycles. The van der Waals surface area contributed by atoms with Crippen molar-refractivity contribution in [3.63, 3.8) is 0 Å². The molecule has 8 heteroatoms. The number of benzene rings is 1. The number of hydrogen-bond donors (Lipinski definition) is 0. The number of hydrogen-bond acceptors (Lipinski definition) is 6. The van der Waals surface area contributed by atoms with E-state index in [2.05, 4.69) is 0 Å². The van der Waals surface area contributed by atoms with E-state index < -0.39 is 36.2 Å². The number of carbonyl (C=O) groups excluding carboxylic acids is 3. The van der Waals surface area contributed by atoms with E-state index in [4.69, 9.17) is 25.8 Å². The van der Waals surface area contributed by atoms with Crippen molar-refractivity contribution < 1.29 is 28.6 Å². The van der Waals surface area contributed by atoms with Crippen LogP contribution in [-0.2, 0) is 23.8 Å². The number of halogens is 1. The summed E-state index contributed by atoms with van der Waals surface area (Å²) in [5, 5.41) is 0.492. The summed E-state index contributed by atoms with van der Waals surface area (Å²) in [4.78, 5) is 36.9. The molecule has 0 spiro atoms. The van der Waals surface area contributed by atoms with Crippen molar-refractivity contribution in [3.05, 3.63) is 34.9 Å². The van der Waals surface area contributed by atoms with Crippen molar-refractivity contribution in [3.8, 4) is 0 Å². The quantitative estimate of drug-likeness (QED) is 0.379. The van der Waals surface area contributed by atoms with Gasteiger partial charge in [0.15, 0.2) is 0 Å². The summed E-state index contributed by atoms with van der Waals surface area (Å²) in [6, 6.07) is 6.20. The van der Waals surface area contributed by atoms with E-state index in [1.54, 1.807) is 26.0 Å². The van der Waals surface area contributed by atoms with Gasteiger partial charge in [0.2, 0.25) is 0 Å². The molecule has 1 fully saturated rings. The SMILES string of the molecule is CCOC(=O)C1CCCC(OC(=O)c2ccc(Cl)cc2)(C(=O)OCC)[Se]1. The first-order chi connectivity index (χ1) is 12.4. The Hall–Kier alpha value is -1.56. The monoisotopic (exact) mass is 448 g/mol. The predicted octanol–water partition coefficient (Wildman–Crippen LogP) is 3.00. The number of carbonyl (C=O) groups is 3. The summed E-state index contributed by atoms with van der Waals surface area (Å²) < 4.78 is 14.5. The zero-order valence-corrected chi connectivity index (χ0v) is 17.1. The molecule has 6 nitrogen and oxygen atoms in total. The molecule has 2 atom stereocenters. The Bertz CT molecular complexity index is 662. The first kappa shape index (κ1) is 20.7. The first-order valence-corrected chi connectivity index (χ1v) is 10.6. The molecule has 0 N–H and O–H groups in total. The molecule has 1 saturated heterocycles. The van der Waals surface area contributed by atoms with E-state index in [0.29, 0.717) is 24.3 Å². The minimum atomic E-state index is -1.42. The average molecular weight is 448 g/mol. The summed E-state index contributed by atoms with van der Waals surface area (Å²) in [6.07, 6.45) is 1.51. The van der Waals surface area contributed by atoms with Gasteiger partial charge in [-0.15, -0.1) is 0 Å². The first-order valence-electron chi connectivity index (χ1n) is 8.42. The maximum atomic E-state index is 12.6. The number of ether oxygens (including phenoxy) is 3. The Morgan fingerprint density at radius 1 is 1.15 bits per heavy atom. The molecule has 26 heavy (non-hydrogen) atoms. The van der Waals surface area contributed by atoms with Gasteiger partial charge in [-0.1, -0.05) is 0 Å². The third-order valence-electron chi connectivity index (χ3n) is 3.78. The van der Waals surface area contributed by atoms with Crippen LogP contribution in [0.1, 0.15) is 43.5 Å². The Labute approximate surface area is 163 Å². The molecule has 1 aliphatic rings. The Kier molecular flexibility index (Phi) is 7.50. The van der Waals surface area contributed by atoms with E-state index in [1.165, 1.54) is 12.1 Å². The van der Waals surface area contributed by atoms with Crippen LogP contribution in [0.4, 0.5) is 0 Å². The number of rotatable bonds is 6. The summed E-state index contributed by atoms with van der Waals surface area (Å²) in [5.74, 6) is -1.60. The molecule has 1 heterocycles. The van der Waals surface area contributed by atoms with Gasteiger partial charge in [0, 0.05) is 0 Å². The van der Waals surface area contributed by atoms with Crippen molar-refractivity contribution in [1.82, 2.24) is 0 Å². The van der Waals surface area contributed by atoms with Crippen molar-refractivity contribution in [2.75, 3.05) is 13.2 Å². The zero-order chi connectivity index (χ0) is 19.2. The topological polar surface area (TPSA) is 78.9 Å². The van der Waals surface area contributed by atoms with Crippen LogP contribution in [0.5, 0.6) is 0 Å². The molecular weight excluding hydrogens is 427 g/mol. The van der Waals surface area contributed by atoms with Crippen LogP contribution >= 0.6 is 11.6 Å². The van der Waals surface area contributed by atoms with Crippen molar-refractivity contribution in [1.29, 1.82) is 0 Å². The second kappa shape index (κ2) is 9.40. The van der Waals surface area contributed by atoms with Crippen LogP contribution < -0.4 is 0 Å². The molecule has 0 amide bonds. The van der Waals surface area contributed by atoms with Gasteiger partial charge in [0.05, 0.1) is 0 Å². The average Bonchev–Trinajstić information content (AvgIpc) is 2.62. The molecule has 142 valence electrons. The van der Waals surface area contributed by atoms with E-state index in [-0.39, 0.29) is 24.7 Å². The molecule has 0 aliphatic carbocycles. The fourth-order valence-electron chi connectivity index (χ4n) is 2.57. The standard InChI is InChI=1S/C18H21ClO6Se/c1-3-23-16(21)14-6-5-11-18(26-14,17(22)24-4-2)25-15(20)12-7-9-13(19)10-8-12/h7-10,14H,3-6,11H2,1-2H3. The van der Waals surface area contributed by atoms with Gasteiger partial charge < -0.3 is 0 Å². The summed E-state index contributed by atoms with van der Waals surface area (Å²) in [7, 11) is 0. The Morgan fingerprint density at radius 2 is 1.81 bits per heavy atom. The normalized spacial score (nSPS) is 22.3. The van der Waals surface area contributed by atoms with Crippen LogP contribution in [0.15, 0.2) is 24.3 Å². The second-order valence-corrected chi connectivity index (χ2v) is 9.13. The van der Waals surface area contributed by atoms with Gasteiger partial charge in [-0.05, 0) is 0 Å². The van der Waals surface area contributed by atoms with Crippen molar-refractivity contribution >= 4 is 44.5 Å². The fourth-order valence-corrected chi connectivity index (χ4v) is 5.74. The third-order valence-corrected chi connectivity index (χ3v) is 7.28. The van der Waals surface area contributed by atoms with Crippen molar-refractivity contribution in [2.24, 2.45) is 0 Å². The molecule has 0 radical (unpaired) electrons. The van der Waals surface area contributed by atoms with E-state index in [0.717, 1.165) is 0 Å². The molecule has 1 aromatic rings. The summed E-state index contributed by atoms with van der Waals surface area (Å²) in [6.45, 7) is 3.85. The van der Waals surface area contributed by atoms with E-state index in [1.807, 2.05) is 0 Å². The van der Waals surface area contributed by atoms with Gasteiger partial charge in [0.1, 0.15) is 0 Å². The molecule has 0 bridgehead atoms. The summed E-state index contributed by atoms with van der Waals surface area (Å²) in [5.41, 5.74) is 0.284. The molecule has 2 rings (SSSR count). The molecule has 0 saturated carbocycles. The van der Waals surface area contributed by atoms with E-state index in [9.17, 15) is 14.4 Å². The Morgan fingerprint density at radius 3 is 2.42 bits per heavy atom. The van der Waals surface area contributed by atoms with Gasteiger partial charge in [-0.2, -0.15) is 0 Å². The van der Waals surface area contributed by atoms with Crippen molar-refractivity contribution in [2.45, 2.75) is 42.4 Å². The van der Waals surface area contributed by atoms with Gasteiger partial charge in [0.25, 0.3) is 0 Å². The third kappa shape index (κ3) is 5.00. The molecule has 1 aromatic carbocycles. The Balaban J connectivity index is 2.24. The second-order valence-electron chi connectivity index (χ2n) is 5.62. The van der Waals surface area contributed by atoms with Gasteiger partial charge >= 0.3 is 164 Å². The van der Waals surface area contributed by atoms with Gasteiger partial charge in [-0.25, -0.2) is 0 Å². The van der Waals surface area contributed by atoms with Gasteiger partial charge in [-0.3, -0.25) is 0 Å². The minimum absolute atomic E-state index is 0.166. The predicted molar refractivity (Wildman–Crippen MR) is 96.2 cm³/mol. The number of esters is 3. The van der Waals surface area contributed by atoms with E-state index >= 15 is 0 Å². The van der Waals surface area contributed by atoms with Crippen LogP contribution in [-0.4, -0.2) is 50.6 Å². The maximum absolute atomic E-state index is 12.6. The van der Waals surface area contributed by atoms with Crippen LogP contribution in [0.3, 0.4) is 0 Å². The molecular formula is C18H21ClO6Se. The summed E-state index contributed by atoms with van der Waals surface area (Å²) >= 11 is 5.20.